The van der Waals surface area contributed by atoms with Gasteiger partial charge in [-0.1, -0.05) is 0 Å². The molecule has 2 unspecified atom stereocenters. The van der Waals surface area contributed by atoms with Gasteiger partial charge in [-0.15, -0.1) is 0 Å². The van der Waals surface area contributed by atoms with E-state index >= 15 is 0 Å². The maximum Gasteiger partial charge on any atom is 0.411 e. The number of likely N-dealkylation sites (tertiary alicyclic amines) is 1. The molecule has 1 fully saturated rings. The van der Waals surface area contributed by atoms with Crippen molar-refractivity contribution in [1.82, 2.24) is 4.90 Å². The first-order valence-corrected chi connectivity index (χ1v) is 6.90. The summed E-state index contributed by atoms with van der Waals surface area (Å²) in [7, 11) is 1.23. The van der Waals surface area contributed by atoms with Gasteiger partial charge in [0.25, 0.3) is 0 Å². The van der Waals surface area contributed by atoms with Gasteiger partial charge in [-0.05, 0) is 33.6 Å². The maximum atomic E-state index is 12.2. The number of piperidine rings is 1. The lowest BCUT2D eigenvalue weighted by Gasteiger charge is -2.39. The summed E-state index contributed by atoms with van der Waals surface area (Å²) in [5.74, 6) is -1.12. The van der Waals surface area contributed by atoms with Crippen LogP contribution in [0.5, 0.6) is 0 Å². The summed E-state index contributed by atoms with van der Waals surface area (Å²) in [6, 6.07) is -0.970. The summed E-state index contributed by atoms with van der Waals surface area (Å²) in [6.45, 7) is 6.84. The number of nitrogens with zero attached hydrogens (tertiary/aromatic N) is 1. The van der Waals surface area contributed by atoms with E-state index in [1.54, 1.807) is 20.8 Å². The fourth-order valence-corrected chi connectivity index (χ4v) is 2.22. The lowest BCUT2D eigenvalue weighted by Crippen LogP contribution is -2.57. The van der Waals surface area contributed by atoms with E-state index in [-0.39, 0.29) is 0 Å². The minimum absolute atomic E-state index is 0.354. The number of amides is 1. The van der Waals surface area contributed by atoms with Crippen LogP contribution in [-0.2, 0) is 23.8 Å². The summed E-state index contributed by atoms with van der Waals surface area (Å²) in [6.07, 6.45) is -0.213. The molecule has 1 aliphatic heterocycles. The van der Waals surface area contributed by atoms with Crippen LogP contribution >= 0.6 is 0 Å². The van der Waals surface area contributed by atoms with E-state index in [0.717, 1.165) is 0 Å². The predicted molar refractivity (Wildman–Crippen MR) is 73.5 cm³/mol. The van der Waals surface area contributed by atoms with Crippen LogP contribution in [0.4, 0.5) is 4.79 Å². The number of methoxy groups -OCH3 is 1. The first kappa shape index (κ1) is 17.3. The topological polar surface area (TPSA) is 82.1 Å². The number of hydrogen-bond acceptors (Lipinski definition) is 6. The molecule has 0 aromatic rings. The Morgan fingerprint density at radius 3 is 2.29 bits per heavy atom. The number of carbonyl (C=O) groups is 3. The van der Waals surface area contributed by atoms with Gasteiger partial charge in [0.05, 0.1) is 7.11 Å². The zero-order chi connectivity index (χ0) is 16.2. The highest BCUT2D eigenvalue weighted by Crippen LogP contribution is 2.24. The number of esters is 2. The van der Waals surface area contributed by atoms with E-state index in [1.807, 2.05) is 0 Å². The molecular formula is C14H23NO6. The molecule has 0 aliphatic carbocycles. The SMILES string of the molecule is COC(=O)C1C(OC(C)=O)CCCN1C(=O)OC(C)(C)C. The van der Waals surface area contributed by atoms with Crippen LogP contribution in [0, 0.1) is 0 Å². The monoisotopic (exact) mass is 301 g/mol. The Morgan fingerprint density at radius 2 is 1.81 bits per heavy atom. The highest BCUT2D eigenvalue weighted by molar-refractivity contribution is 5.83. The second kappa shape index (κ2) is 6.78. The van der Waals surface area contributed by atoms with Gasteiger partial charge < -0.3 is 14.2 Å². The molecule has 1 saturated heterocycles. The molecule has 0 radical (unpaired) electrons. The van der Waals surface area contributed by atoms with Crippen molar-refractivity contribution in [3.63, 3.8) is 0 Å². The maximum absolute atomic E-state index is 12.2. The molecule has 1 aliphatic rings. The highest BCUT2D eigenvalue weighted by Gasteiger charge is 2.43. The van der Waals surface area contributed by atoms with E-state index in [4.69, 9.17) is 14.2 Å². The molecule has 0 saturated carbocycles. The fourth-order valence-electron chi connectivity index (χ4n) is 2.22. The van der Waals surface area contributed by atoms with E-state index in [0.29, 0.717) is 19.4 Å². The van der Waals surface area contributed by atoms with Crippen LogP contribution < -0.4 is 0 Å². The lowest BCUT2D eigenvalue weighted by atomic mass is 9.99. The van der Waals surface area contributed by atoms with Crippen molar-refractivity contribution in [3.05, 3.63) is 0 Å². The first-order chi connectivity index (χ1) is 9.65. The number of hydrogen-bond donors (Lipinski definition) is 0. The molecule has 0 spiro atoms. The first-order valence-electron chi connectivity index (χ1n) is 6.90. The van der Waals surface area contributed by atoms with Crippen LogP contribution in [0.15, 0.2) is 0 Å². The Bertz CT molecular complexity index is 414. The Kier molecular flexibility index (Phi) is 5.57. The molecule has 7 heteroatoms. The fraction of sp³-hybridized carbons (Fsp3) is 0.786. The van der Waals surface area contributed by atoms with Crippen LogP contribution in [0.25, 0.3) is 0 Å². The molecule has 0 aromatic carbocycles. The van der Waals surface area contributed by atoms with E-state index in [9.17, 15) is 14.4 Å². The molecule has 0 bridgehead atoms. The number of carbonyl (C=O) groups excluding carboxylic acids is 3. The van der Waals surface area contributed by atoms with Crippen molar-refractivity contribution in [2.75, 3.05) is 13.7 Å². The van der Waals surface area contributed by atoms with Gasteiger partial charge in [-0.2, -0.15) is 0 Å². The average Bonchev–Trinajstić information content (AvgIpc) is 2.34. The molecule has 1 amide bonds. The Labute approximate surface area is 124 Å². The van der Waals surface area contributed by atoms with Crippen LogP contribution in [-0.4, -0.2) is 54.3 Å². The largest absolute Gasteiger partial charge is 0.467 e. The van der Waals surface area contributed by atoms with Crippen molar-refractivity contribution in [2.24, 2.45) is 0 Å². The number of rotatable bonds is 2. The third-order valence-corrected chi connectivity index (χ3v) is 2.96. The smallest absolute Gasteiger partial charge is 0.411 e. The molecule has 7 nitrogen and oxygen atoms in total. The summed E-state index contributed by atoms with van der Waals surface area (Å²) in [5, 5.41) is 0. The zero-order valence-corrected chi connectivity index (χ0v) is 13.2. The third-order valence-electron chi connectivity index (χ3n) is 2.96. The van der Waals surface area contributed by atoms with Gasteiger partial charge >= 0.3 is 18.0 Å². The summed E-state index contributed by atoms with van der Waals surface area (Å²) in [4.78, 5) is 36.6. The van der Waals surface area contributed by atoms with Crippen molar-refractivity contribution < 1.29 is 28.6 Å². The zero-order valence-electron chi connectivity index (χ0n) is 13.2. The number of ether oxygens (including phenoxy) is 3. The van der Waals surface area contributed by atoms with Crippen LogP contribution in [0.3, 0.4) is 0 Å². The standard InChI is InChI=1S/C14H23NO6/c1-9(16)20-10-7-6-8-15(11(10)12(17)19-5)13(18)21-14(2,3)4/h10-11H,6-8H2,1-5H3. The molecule has 0 aromatic heterocycles. The Morgan fingerprint density at radius 1 is 1.19 bits per heavy atom. The van der Waals surface area contributed by atoms with Gasteiger partial charge in [0.1, 0.15) is 11.7 Å². The van der Waals surface area contributed by atoms with Crippen molar-refractivity contribution in [1.29, 1.82) is 0 Å². The van der Waals surface area contributed by atoms with Crippen LogP contribution in [0.1, 0.15) is 40.5 Å². The third kappa shape index (κ3) is 4.91. The molecule has 0 N–H and O–H groups in total. The second-order valence-electron chi connectivity index (χ2n) is 5.93. The molecule has 2 atom stereocenters. The van der Waals surface area contributed by atoms with Crippen molar-refractivity contribution in [2.45, 2.75) is 58.3 Å². The van der Waals surface area contributed by atoms with E-state index in [1.165, 1.54) is 18.9 Å². The minimum Gasteiger partial charge on any atom is -0.467 e. The summed E-state index contributed by atoms with van der Waals surface area (Å²) >= 11 is 0. The van der Waals surface area contributed by atoms with Gasteiger partial charge in [-0.3, -0.25) is 9.69 Å². The Hall–Kier alpha value is -1.79. The average molecular weight is 301 g/mol. The summed E-state index contributed by atoms with van der Waals surface area (Å²) < 4.78 is 15.2. The quantitative estimate of drug-likeness (QED) is 0.567. The highest BCUT2D eigenvalue weighted by atomic mass is 16.6. The molecule has 21 heavy (non-hydrogen) atoms. The van der Waals surface area contributed by atoms with E-state index in [2.05, 4.69) is 0 Å². The summed E-state index contributed by atoms with van der Waals surface area (Å²) in [5.41, 5.74) is -0.674. The van der Waals surface area contributed by atoms with Gasteiger partial charge in [0, 0.05) is 13.5 Å². The lowest BCUT2D eigenvalue weighted by molar-refractivity contribution is -0.164. The van der Waals surface area contributed by atoms with Gasteiger partial charge in [-0.25, -0.2) is 9.59 Å². The van der Waals surface area contributed by atoms with E-state index < -0.39 is 35.8 Å². The predicted octanol–water partition coefficient (Wildman–Crippen LogP) is 1.49. The normalized spacial score (nSPS) is 22.4. The second-order valence-corrected chi connectivity index (χ2v) is 5.93. The molecule has 120 valence electrons. The molecule has 1 rings (SSSR count). The molecule has 1 heterocycles. The van der Waals surface area contributed by atoms with Crippen molar-refractivity contribution in [3.8, 4) is 0 Å². The minimum atomic E-state index is -0.970. The van der Waals surface area contributed by atoms with Crippen molar-refractivity contribution >= 4 is 18.0 Å². The van der Waals surface area contributed by atoms with Crippen LogP contribution in [0.2, 0.25) is 0 Å². The van der Waals surface area contributed by atoms with Gasteiger partial charge in [0.15, 0.2) is 6.04 Å². The van der Waals surface area contributed by atoms with Gasteiger partial charge in [0.2, 0.25) is 0 Å². The Balaban J connectivity index is 2.95. The molecular weight excluding hydrogens is 278 g/mol.